The zero-order valence-electron chi connectivity index (χ0n) is 11.7. The molecule has 0 amide bonds. The molecule has 0 saturated heterocycles. The normalized spacial score (nSPS) is 12.7. The van der Waals surface area contributed by atoms with Crippen LogP contribution in [0.15, 0.2) is 6.07 Å². The lowest BCUT2D eigenvalue weighted by Crippen LogP contribution is -2.04. The van der Waals surface area contributed by atoms with Gasteiger partial charge in [-0.15, -0.1) is 0 Å². The predicted octanol–water partition coefficient (Wildman–Crippen LogP) is 2.85. The Morgan fingerprint density at radius 1 is 1.32 bits per heavy atom. The van der Waals surface area contributed by atoms with Crippen LogP contribution in [0.5, 0.6) is 0 Å². The molecule has 5 nitrogen and oxygen atoms in total. The third-order valence-corrected chi connectivity index (χ3v) is 3.39. The van der Waals surface area contributed by atoms with Gasteiger partial charge in [-0.05, 0) is 20.8 Å². The molecule has 0 aliphatic carbocycles. The number of nitrogens with zero attached hydrogens (tertiary/aromatic N) is 4. The van der Waals surface area contributed by atoms with Gasteiger partial charge in [0.1, 0.15) is 11.3 Å². The number of methoxy groups -OCH3 is 1. The molecule has 0 radical (unpaired) electrons. The number of hydrogen-bond donors (Lipinski definition) is 0. The van der Waals surface area contributed by atoms with Crippen molar-refractivity contribution < 1.29 is 4.74 Å². The van der Waals surface area contributed by atoms with E-state index in [1.165, 1.54) is 0 Å². The van der Waals surface area contributed by atoms with Gasteiger partial charge in [0.05, 0.1) is 11.4 Å². The Balaban J connectivity index is 2.59. The fourth-order valence-corrected chi connectivity index (χ4v) is 2.18. The molecule has 0 fully saturated rings. The maximum Gasteiger partial charge on any atom is 0.159 e. The second-order valence-electron chi connectivity index (χ2n) is 4.48. The van der Waals surface area contributed by atoms with E-state index in [0.717, 1.165) is 22.6 Å². The van der Waals surface area contributed by atoms with Crippen molar-refractivity contribution in [3.63, 3.8) is 0 Å². The van der Waals surface area contributed by atoms with Gasteiger partial charge in [-0.3, -0.25) is 4.68 Å². The lowest BCUT2D eigenvalue weighted by atomic mass is 10.1. The fraction of sp³-hybridized carbons (Fsp3) is 0.462. The summed E-state index contributed by atoms with van der Waals surface area (Å²) in [5.41, 5.74) is 3.74. The molecule has 19 heavy (non-hydrogen) atoms. The lowest BCUT2D eigenvalue weighted by molar-refractivity contribution is 0.112. The van der Waals surface area contributed by atoms with Gasteiger partial charge in [-0.1, -0.05) is 11.6 Å². The molecule has 1 atom stereocenters. The van der Waals surface area contributed by atoms with E-state index in [1.807, 2.05) is 32.5 Å². The van der Waals surface area contributed by atoms with Crippen molar-refractivity contribution in [2.75, 3.05) is 7.11 Å². The van der Waals surface area contributed by atoms with Gasteiger partial charge in [-0.2, -0.15) is 5.10 Å². The average molecular weight is 281 g/mol. The lowest BCUT2D eigenvalue weighted by Gasteiger charge is -2.10. The van der Waals surface area contributed by atoms with Crippen LogP contribution in [0.2, 0.25) is 5.15 Å². The van der Waals surface area contributed by atoms with Crippen LogP contribution < -0.4 is 0 Å². The molecule has 1 unspecified atom stereocenters. The summed E-state index contributed by atoms with van der Waals surface area (Å²) in [6.07, 6.45) is -0.199. The van der Waals surface area contributed by atoms with Crippen LogP contribution in [0, 0.1) is 13.8 Å². The Hall–Kier alpha value is -1.46. The first kappa shape index (κ1) is 14.0. The van der Waals surface area contributed by atoms with Gasteiger partial charge in [-0.25, -0.2) is 9.97 Å². The Kier molecular flexibility index (Phi) is 3.87. The molecular formula is C13H17ClN4O. The molecule has 0 aromatic carbocycles. The first-order chi connectivity index (χ1) is 8.93. The zero-order chi connectivity index (χ0) is 14.2. The largest absolute Gasteiger partial charge is 0.374 e. The summed E-state index contributed by atoms with van der Waals surface area (Å²) in [7, 11) is 3.53. The van der Waals surface area contributed by atoms with Crippen molar-refractivity contribution in [1.29, 1.82) is 0 Å². The van der Waals surface area contributed by atoms with Gasteiger partial charge in [0.2, 0.25) is 0 Å². The Labute approximate surface area is 117 Å². The topological polar surface area (TPSA) is 52.8 Å². The minimum Gasteiger partial charge on any atom is -0.374 e. The van der Waals surface area contributed by atoms with Crippen LogP contribution in [0.1, 0.15) is 30.2 Å². The number of halogens is 1. The molecule has 0 saturated carbocycles. The molecule has 102 valence electrons. The van der Waals surface area contributed by atoms with E-state index < -0.39 is 0 Å². The van der Waals surface area contributed by atoms with E-state index >= 15 is 0 Å². The molecule has 2 aromatic heterocycles. The second kappa shape index (κ2) is 5.27. The maximum absolute atomic E-state index is 6.08. The molecule has 2 aromatic rings. The summed E-state index contributed by atoms with van der Waals surface area (Å²) in [6.45, 7) is 5.85. The number of rotatable bonds is 3. The van der Waals surface area contributed by atoms with Crippen LogP contribution in [-0.4, -0.2) is 26.9 Å². The van der Waals surface area contributed by atoms with E-state index in [0.29, 0.717) is 11.0 Å². The Morgan fingerprint density at radius 3 is 2.53 bits per heavy atom. The standard InChI is InChI=1S/C13H17ClN4O/c1-7-12(8(2)18(4)17-7)10-6-11(14)16-13(15-10)9(3)19-5/h6,9H,1-5H3. The highest BCUT2D eigenvalue weighted by Gasteiger charge is 2.17. The monoisotopic (exact) mass is 280 g/mol. The van der Waals surface area contributed by atoms with Crippen LogP contribution in [-0.2, 0) is 11.8 Å². The average Bonchev–Trinajstić information content (AvgIpc) is 2.61. The molecule has 0 N–H and O–H groups in total. The fourth-order valence-electron chi connectivity index (χ4n) is 1.99. The molecule has 0 aliphatic heterocycles. The van der Waals surface area contributed by atoms with Crippen LogP contribution in [0.25, 0.3) is 11.3 Å². The summed E-state index contributed by atoms with van der Waals surface area (Å²) < 4.78 is 7.08. The van der Waals surface area contributed by atoms with Crippen LogP contribution in [0.3, 0.4) is 0 Å². The summed E-state index contributed by atoms with van der Waals surface area (Å²) in [6, 6.07) is 1.75. The third-order valence-electron chi connectivity index (χ3n) is 3.19. The molecule has 0 aliphatic rings. The number of ether oxygens (including phenoxy) is 1. The van der Waals surface area contributed by atoms with Crippen molar-refractivity contribution in [3.05, 3.63) is 28.4 Å². The van der Waals surface area contributed by atoms with Crippen molar-refractivity contribution in [3.8, 4) is 11.3 Å². The first-order valence-corrected chi connectivity index (χ1v) is 6.39. The summed E-state index contributed by atoms with van der Waals surface area (Å²) in [5.74, 6) is 0.577. The minimum atomic E-state index is -0.199. The van der Waals surface area contributed by atoms with Crippen molar-refractivity contribution in [2.24, 2.45) is 7.05 Å². The van der Waals surface area contributed by atoms with Gasteiger partial charge < -0.3 is 4.74 Å². The van der Waals surface area contributed by atoms with Gasteiger partial charge in [0, 0.05) is 31.5 Å². The van der Waals surface area contributed by atoms with Gasteiger partial charge >= 0.3 is 0 Å². The third kappa shape index (κ3) is 2.62. The van der Waals surface area contributed by atoms with Crippen molar-refractivity contribution in [2.45, 2.75) is 26.9 Å². The molecule has 2 rings (SSSR count). The van der Waals surface area contributed by atoms with E-state index in [4.69, 9.17) is 16.3 Å². The van der Waals surface area contributed by atoms with E-state index in [1.54, 1.807) is 13.2 Å². The molecule has 0 bridgehead atoms. The number of aromatic nitrogens is 4. The maximum atomic E-state index is 6.08. The molecule has 0 spiro atoms. The zero-order valence-corrected chi connectivity index (χ0v) is 12.5. The molecular weight excluding hydrogens is 264 g/mol. The van der Waals surface area contributed by atoms with Crippen molar-refractivity contribution in [1.82, 2.24) is 19.7 Å². The molecule has 2 heterocycles. The highest BCUT2D eigenvalue weighted by Crippen LogP contribution is 2.27. The number of aryl methyl sites for hydroxylation is 2. The summed E-state index contributed by atoms with van der Waals surface area (Å²) in [5, 5.41) is 4.80. The Morgan fingerprint density at radius 2 is 2.00 bits per heavy atom. The molecule has 6 heteroatoms. The smallest absolute Gasteiger partial charge is 0.159 e. The number of hydrogen-bond acceptors (Lipinski definition) is 4. The van der Waals surface area contributed by atoms with E-state index in [9.17, 15) is 0 Å². The highest BCUT2D eigenvalue weighted by atomic mass is 35.5. The Bertz CT molecular complexity index is 609. The van der Waals surface area contributed by atoms with Crippen LogP contribution >= 0.6 is 11.6 Å². The van der Waals surface area contributed by atoms with Gasteiger partial charge in [0.25, 0.3) is 0 Å². The first-order valence-electron chi connectivity index (χ1n) is 6.02. The van der Waals surface area contributed by atoms with Gasteiger partial charge in [0.15, 0.2) is 5.82 Å². The predicted molar refractivity (Wildman–Crippen MR) is 74.1 cm³/mol. The quantitative estimate of drug-likeness (QED) is 0.811. The minimum absolute atomic E-state index is 0.199. The SMILES string of the molecule is COC(C)c1nc(Cl)cc(-c2c(C)nn(C)c2C)n1. The summed E-state index contributed by atoms with van der Waals surface area (Å²) >= 11 is 6.08. The second-order valence-corrected chi connectivity index (χ2v) is 4.87. The van der Waals surface area contributed by atoms with E-state index in [-0.39, 0.29) is 6.10 Å². The summed E-state index contributed by atoms with van der Waals surface area (Å²) in [4.78, 5) is 8.73. The highest BCUT2D eigenvalue weighted by molar-refractivity contribution is 6.29. The van der Waals surface area contributed by atoms with E-state index in [2.05, 4.69) is 15.1 Å². The van der Waals surface area contributed by atoms with Crippen LogP contribution in [0.4, 0.5) is 0 Å². The van der Waals surface area contributed by atoms with Crippen molar-refractivity contribution >= 4 is 11.6 Å².